The van der Waals surface area contributed by atoms with Crippen LogP contribution >= 0.6 is 0 Å². The van der Waals surface area contributed by atoms with Crippen molar-refractivity contribution < 1.29 is 5.11 Å². The topological polar surface area (TPSA) is 46.2 Å². The second kappa shape index (κ2) is 5.45. The Hall–Kier alpha value is -1.28. The fourth-order valence-electron chi connectivity index (χ4n) is 1.16. The predicted molar refractivity (Wildman–Crippen MR) is 60.0 cm³/mol. The van der Waals surface area contributed by atoms with Gasteiger partial charge in [-0.15, -0.1) is 0 Å². The summed E-state index contributed by atoms with van der Waals surface area (Å²) in [5.74, 6) is 0.314. The van der Waals surface area contributed by atoms with Crippen LogP contribution in [-0.4, -0.2) is 11.1 Å². The Morgan fingerprint density at radius 3 is 2.79 bits per heavy atom. The molecule has 76 valence electrons. The van der Waals surface area contributed by atoms with Crippen molar-refractivity contribution in [2.45, 2.75) is 25.8 Å². The first kappa shape index (κ1) is 10.8. The van der Waals surface area contributed by atoms with Gasteiger partial charge in [0.05, 0.1) is 0 Å². The molecule has 0 radical (unpaired) electrons. The minimum Gasteiger partial charge on any atom is -0.507 e. The van der Waals surface area contributed by atoms with Crippen LogP contribution in [0.2, 0.25) is 0 Å². The van der Waals surface area contributed by atoms with Crippen LogP contribution in [0.15, 0.2) is 30.3 Å². The van der Waals surface area contributed by atoms with Gasteiger partial charge in [0.2, 0.25) is 0 Å². The van der Waals surface area contributed by atoms with Gasteiger partial charge in [-0.2, -0.15) is 0 Å². The number of para-hydroxylation sites is 1. The molecule has 1 unspecified atom stereocenters. The lowest BCUT2D eigenvalue weighted by atomic mass is 10.1. The fourth-order valence-corrected chi connectivity index (χ4v) is 1.16. The Morgan fingerprint density at radius 2 is 2.14 bits per heavy atom. The Bertz CT molecular complexity index is 307. The molecule has 1 rings (SSSR count). The smallest absolute Gasteiger partial charge is 0.122 e. The van der Waals surface area contributed by atoms with E-state index in [4.69, 9.17) is 5.73 Å². The molecule has 0 spiro atoms. The number of phenols is 1. The minimum atomic E-state index is 0.220. The summed E-state index contributed by atoms with van der Waals surface area (Å²) < 4.78 is 0. The maximum absolute atomic E-state index is 9.45. The average molecular weight is 191 g/mol. The molecule has 14 heavy (non-hydrogen) atoms. The number of aromatic hydroxyl groups is 1. The molecule has 2 nitrogen and oxygen atoms in total. The second-order valence-corrected chi connectivity index (χ2v) is 3.37. The summed E-state index contributed by atoms with van der Waals surface area (Å²) in [6, 6.07) is 7.49. The number of rotatable bonds is 4. The second-order valence-electron chi connectivity index (χ2n) is 3.37. The van der Waals surface area contributed by atoms with Crippen molar-refractivity contribution in [1.29, 1.82) is 0 Å². The van der Waals surface area contributed by atoms with Crippen LogP contribution in [0.1, 0.15) is 25.3 Å². The van der Waals surface area contributed by atoms with Gasteiger partial charge in [0.15, 0.2) is 0 Å². The maximum atomic E-state index is 9.45. The molecule has 3 N–H and O–H groups in total. The SMILES string of the molecule is CCC(N)C/C=C/c1ccccc1O. The lowest BCUT2D eigenvalue weighted by molar-refractivity contribution is 0.474. The van der Waals surface area contributed by atoms with Crippen LogP contribution in [0, 0.1) is 0 Å². The number of phenolic OH excluding ortho intramolecular Hbond substituents is 1. The monoisotopic (exact) mass is 191 g/mol. The maximum Gasteiger partial charge on any atom is 0.122 e. The highest BCUT2D eigenvalue weighted by Gasteiger charge is 1.96. The van der Waals surface area contributed by atoms with Gasteiger partial charge in [-0.25, -0.2) is 0 Å². The summed E-state index contributed by atoms with van der Waals surface area (Å²) in [5.41, 5.74) is 6.60. The van der Waals surface area contributed by atoms with Crippen molar-refractivity contribution in [3.8, 4) is 5.75 Å². The van der Waals surface area contributed by atoms with Gasteiger partial charge in [-0.3, -0.25) is 0 Å². The summed E-state index contributed by atoms with van der Waals surface area (Å²) >= 11 is 0. The Labute approximate surface area is 85.1 Å². The van der Waals surface area contributed by atoms with Gasteiger partial charge >= 0.3 is 0 Å². The molecule has 2 heteroatoms. The Morgan fingerprint density at radius 1 is 1.43 bits per heavy atom. The van der Waals surface area contributed by atoms with Gasteiger partial charge < -0.3 is 10.8 Å². The average Bonchev–Trinajstić information content (AvgIpc) is 2.20. The summed E-state index contributed by atoms with van der Waals surface area (Å²) in [7, 11) is 0. The first-order valence-corrected chi connectivity index (χ1v) is 4.94. The third-order valence-electron chi connectivity index (χ3n) is 2.20. The molecule has 0 aliphatic heterocycles. The standard InChI is InChI=1S/C12H17NO/c1-2-11(13)8-5-7-10-6-3-4-9-12(10)14/h3-7,9,11,14H,2,8,13H2,1H3/b7-5+. The van der Waals surface area contributed by atoms with E-state index in [0.717, 1.165) is 18.4 Å². The van der Waals surface area contributed by atoms with Crippen molar-refractivity contribution in [3.63, 3.8) is 0 Å². The fraction of sp³-hybridized carbons (Fsp3) is 0.333. The van der Waals surface area contributed by atoms with Gasteiger partial charge in [-0.1, -0.05) is 37.3 Å². The van der Waals surface area contributed by atoms with Crippen molar-refractivity contribution in [2.75, 3.05) is 0 Å². The third kappa shape index (κ3) is 3.23. The van der Waals surface area contributed by atoms with Crippen LogP contribution in [0.4, 0.5) is 0 Å². The number of hydrogen-bond donors (Lipinski definition) is 2. The van der Waals surface area contributed by atoms with E-state index in [-0.39, 0.29) is 6.04 Å². The Balaban J connectivity index is 2.56. The summed E-state index contributed by atoms with van der Waals surface area (Å²) in [6.07, 6.45) is 5.74. The molecule has 0 saturated carbocycles. The van der Waals surface area contributed by atoms with E-state index < -0.39 is 0 Å². The molecule has 0 amide bonds. The lowest BCUT2D eigenvalue weighted by Crippen LogP contribution is -2.16. The van der Waals surface area contributed by atoms with Gasteiger partial charge in [0, 0.05) is 11.6 Å². The van der Waals surface area contributed by atoms with Crippen molar-refractivity contribution in [1.82, 2.24) is 0 Å². The van der Waals surface area contributed by atoms with E-state index in [1.807, 2.05) is 30.4 Å². The van der Waals surface area contributed by atoms with Crippen molar-refractivity contribution in [2.24, 2.45) is 5.73 Å². The molecule has 1 atom stereocenters. The first-order valence-electron chi connectivity index (χ1n) is 4.94. The molecule has 0 bridgehead atoms. The quantitative estimate of drug-likeness (QED) is 0.768. The summed E-state index contributed by atoms with van der Waals surface area (Å²) in [6.45, 7) is 2.07. The summed E-state index contributed by atoms with van der Waals surface area (Å²) in [4.78, 5) is 0. The third-order valence-corrected chi connectivity index (χ3v) is 2.20. The zero-order chi connectivity index (χ0) is 10.4. The molecule has 1 aromatic carbocycles. The molecule has 0 aliphatic carbocycles. The van der Waals surface area contributed by atoms with Crippen LogP contribution in [0.5, 0.6) is 5.75 Å². The minimum absolute atomic E-state index is 0.220. The summed E-state index contributed by atoms with van der Waals surface area (Å²) in [5, 5.41) is 9.45. The lowest BCUT2D eigenvalue weighted by Gasteiger charge is -2.03. The van der Waals surface area contributed by atoms with Gasteiger partial charge in [0.1, 0.15) is 5.75 Å². The largest absolute Gasteiger partial charge is 0.507 e. The zero-order valence-electron chi connectivity index (χ0n) is 8.48. The highest BCUT2D eigenvalue weighted by Crippen LogP contribution is 2.17. The molecule has 0 aromatic heterocycles. The molecule has 0 aliphatic rings. The normalized spacial score (nSPS) is 13.3. The van der Waals surface area contributed by atoms with E-state index in [1.54, 1.807) is 6.07 Å². The number of hydrogen-bond acceptors (Lipinski definition) is 2. The first-order chi connectivity index (χ1) is 6.74. The highest BCUT2D eigenvalue weighted by molar-refractivity contribution is 5.56. The van der Waals surface area contributed by atoms with Gasteiger partial charge in [0.25, 0.3) is 0 Å². The molecule has 0 saturated heterocycles. The van der Waals surface area contributed by atoms with E-state index in [0.29, 0.717) is 5.75 Å². The van der Waals surface area contributed by atoms with Crippen LogP contribution < -0.4 is 5.73 Å². The molecular weight excluding hydrogens is 174 g/mol. The Kier molecular flexibility index (Phi) is 4.20. The number of nitrogens with two attached hydrogens (primary N) is 1. The van der Waals surface area contributed by atoms with E-state index in [1.165, 1.54) is 0 Å². The molecule has 1 aromatic rings. The van der Waals surface area contributed by atoms with Crippen LogP contribution in [0.3, 0.4) is 0 Å². The zero-order valence-corrected chi connectivity index (χ0v) is 8.48. The molecular formula is C12H17NO. The predicted octanol–water partition coefficient (Wildman–Crippen LogP) is 2.53. The molecule has 0 fully saturated rings. The van der Waals surface area contributed by atoms with Gasteiger partial charge in [-0.05, 0) is 18.9 Å². The van der Waals surface area contributed by atoms with Crippen molar-refractivity contribution in [3.05, 3.63) is 35.9 Å². The van der Waals surface area contributed by atoms with Crippen LogP contribution in [0.25, 0.3) is 6.08 Å². The van der Waals surface area contributed by atoms with E-state index in [9.17, 15) is 5.11 Å². The van der Waals surface area contributed by atoms with Crippen molar-refractivity contribution >= 4 is 6.08 Å². The number of benzene rings is 1. The van der Waals surface area contributed by atoms with E-state index >= 15 is 0 Å². The van der Waals surface area contributed by atoms with Crippen LogP contribution in [-0.2, 0) is 0 Å². The highest BCUT2D eigenvalue weighted by atomic mass is 16.3. The van der Waals surface area contributed by atoms with E-state index in [2.05, 4.69) is 6.92 Å². The molecule has 0 heterocycles.